The number of nitrogens with zero attached hydrogens (tertiary/aromatic N) is 2. The number of hydrogen-bond acceptors (Lipinski definition) is 2. The van der Waals surface area contributed by atoms with E-state index in [9.17, 15) is 0 Å². The molecule has 0 atom stereocenters. The first-order valence-electron chi connectivity index (χ1n) is 17.4. The zero-order valence-corrected chi connectivity index (χ0v) is 29.3. The molecule has 0 saturated carbocycles. The van der Waals surface area contributed by atoms with Crippen LogP contribution in [0.5, 0.6) is 0 Å². The topological polar surface area (TPSA) is 17.3 Å². The van der Waals surface area contributed by atoms with E-state index in [0.717, 1.165) is 40.2 Å². The molecule has 0 fully saturated rings. The van der Waals surface area contributed by atoms with Crippen LogP contribution in [0.25, 0.3) is 69.1 Å². The summed E-state index contributed by atoms with van der Waals surface area (Å²) in [6.45, 7) is 6.61. The zero-order valence-electron chi connectivity index (χ0n) is 28.4. The van der Waals surface area contributed by atoms with Crippen molar-refractivity contribution >= 4 is 92.0 Å². The minimum absolute atomic E-state index is 0.881. The predicted octanol–water partition coefficient (Wildman–Crippen LogP) is 13.7. The molecular formula is C47H36N2S. The monoisotopic (exact) mass is 660 g/mol. The van der Waals surface area contributed by atoms with Crippen LogP contribution >= 0.6 is 11.3 Å². The van der Waals surface area contributed by atoms with Gasteiger partial charge in [0.15, 0.2) is 0 Å². The molecule has 2 nitrogen and oxygen atoms in total. The Bertz CT molecular complexity index is 2870. The first-order chi connectivity index (χ1) is 24.6. The highest BCUT2D eigenvalue weighted by Gasteiger charge is 2.25. The largest absolute Gasteiger partial charge is 0.293 e. The van der Waals surface area contributed by atoms with Crippen molar-refractivity contribution in [3.8, 4) is 0 Å². The van der Waals surface area contributed by atoms with Crippen LogP contribution in [0.2, 0.25) is 0 Å². The third kappa shape index (κ3) is 4.73. The normalized spacial score (nSPS) is 12.6. The van der Waals surface area contributed by atoms with Gasteiger partial charge in [-0.3, -0.25) is 4.57 Å². The fourth-order valence-corrected chi connectivity index (χ4v) is 9.01. The Hall–Kier alpha value is -5.77. The summed E-state index contributed by atoms with van der Waals surface area (Å²) < 4.78 is 5.12. The SMILES string of the molecule is CC/C=C(/C(=Nc1ccccc1C)n1c2cccc3c4c(ccc5c6ccccc6sc54)c4ccccccc(C)c1c4c32)c1ccccc1. The van der Waals surface area contributed by atoms with E-state index < -0.39 is 0 Å². The van der Waals surface area contributed by atoms with E-state index in [0.29, 0.717) is 0 Å². The first-order valence-corrected chi connectivity index (χ1v) is 18.2. The second-order valence-electron chi connectivity index (χ2n) is 13.0. The van der Waals surface area contributed by atoms with Gasteiger partial charge >= 0.3 is 0 Å². The van der Waals surface area contributed by atoms with Gasteiger partial charge in [-0.1, -0.05) is 140 Å². The molecule has 0 aliphatic carbocycles. The van der Waals surface area contributed by atoms with Gasteiger partial charge in [0.25, 0.3) is 0 Å². The summed E-state index contributed by atoms with van der Waals surface area (Å²) in [5.41, 5.74) is 7.91. The lowest BCUT2D eigenvalue weighted by Gasteiger charge is -2.17. The van der Waals surface area contributed by atoms with Gasteiger partial charge in [-0.05, 0) is 71.3 Å². The summed E-state index contributed by atoms with van der Waals surface area (Å²) >= 11 is 1.90. The lowest BCUT2D eigenvalue weighted by atomic mass is 9.93. The fraction of sp³-hybridized carbons (Fsp3) is 0.0851. The number of hydrogen-bond donors (Lipinski definition) is 0. The van der Waals surface area contributed by atoms with Crippen LogP contribution in [0, 0.1) is 13.8 Å². The summed E-state index contributed by atoms with van der Waals surface area (Å²) in [4.78, 5) is 5.62. The molecule has 9 aromatic rings. The van der Waals surface area contributed by atoms with Crippen LogP contribution < -0.4 is 0 Å². The molecule has 0 amide bonds. The second-order valence-corrected chi connectivity index (χ2v) is 14.1. The maximum absolute atomic E-state index is 5.62. The molecule has 0 aliphatic heterocycles. The van der Waals surface area contributed by atoms with E-state index in [1.54, 1.807) is 0 Å². The molecule has 0 unspecified atom stereocenters. The highest BCUT2D eigenvalue weighted by molar-refractivity contribution is 7.26. The van der Waals surface area contributed by atoms with Crippen LogP contribution in [0.4, 0.5) is 5.69 Å². The molecule has 50 heavy (non-hydrogen) atoms. The molecule has 7 aromatic carbocycles. The van der Waals surface area contributed by atoms with Gasteiger partial charge < -0.3 is 0 Å². The van der Waals surface area contributed by atoms with E-state index >= 15 is 0 Å². The molecule has 0 N–H and O–H groups in total. The van der Waals surface area contributed by atoms with Crippen molar-refractivity contribution in [3.63, 3.8) is 0 Å². The number of allylic oxidation sites excluding steroid dienone is 2. The number of rotatable bonds is 4. The highest BCUT2D eigenvalue weighted by atomic mass is 32.1. The Balaban J connectivity index is 1.55. The number of aliphatic imine (C=N–C) groups is 1. The minimum Gasteiger partial charge on any atom is -0.293 e. The molecule has 2 heterocycles. The van der Waals surface area contributed by atoms with Gasteiger partial charge in [0.2, 0.25) is 0 Å². The van der Waals surface area contributed by atoms with Gasteiger partial charge in [-0.2, -0.15) is 0 Å². The van der Waals surface area contributed by atoms with E-state index in [4.69, 9.17) is 4.99 Å². The fourth-order valence-electron chi connectivity index (χ4n) is 7.75. The van der Waals surface area contributed by atoms with E-state index in [-0.39, 0.29) is 0 Å². The predicted molar refractivity (Wildman–Crippen MR) is 219 cm³/mol. The van der Waals surface area contributed by atoms with Crippen molar-refractivity contribution in [2.45, 2.75) is 27.2 Å². The third-order valence-electron chi connectivity index (χ3n) is 9.97. The number of benzene rings is 6. The summed E-state index contributed by atoms with van der Waals surface area (Å²) in [7, 11) is 0. The van der Waals surface area contributed by atoms with Crippen molar-refractivity contribution < 1.29 is 0 Å². The molecule has 9 rings (SSSR count). The van der Waals surface area contributed by atoms with Crippen molar-refractivity contribution in [1.82, 2.24) is 4.57 Å². The van der Waals surface area contributed by atoms with Gasteiger partial charge in [-0.25, -0.2) is 4.99 Å². The van der Waals surface area contributed by atoms with Crippen LogP contribution in [-0.4, -0.2) is 10.4 Å². The molecule has 0 aliphatic rings. The molecule has 0 spiro atoms. The van der Waals surface area contributed by atoms with Crippen LogP contribution in [0.15, 0.2) is 157 Å². The quantitative estimate of drug-likeness (QED) is 0.102. The Labute approximate surface area is 295 Å². The van der Waals surface area contributed by atoms with Crippen molar-refractivity contribution in [2.75, 3.05) is 0 Å². The lowest BCUT2D eigenvalue weighted by Crippen LogP contribution is -2.15. The molecule has 0 bridgehead atoms. The van der Waals surface area contributed by atoms with E-state index in [1.807, 2.05) is 11.3 Å². The average molecular weight is 661 g/mol. The maximum atomic E-state index is 5.62. The molecular weight excluding hydrogens is 625 g/mol. The summed E-state index contributed by atoms with van der Waals surface area (Å²) in [6.07, 6.45) is 3.22. The second kappa shape index (κ2) is 12.3. The van der Waals surface area contributed by atoms with Crippen molar-refractivity contribution in [1.29, 1.82) is 0 Å². The standard InChI is InChI=1S/C47H36N2S/c1-4-17-33(32-20-9-7-10-21-32)47(48-39-25-14-12-18-30(39)2)49-40-26-16-24-38-42-36(28-29-37-34-22-13-15-27-41(34)50-46(37)42)35-23-11-6-5-8-19-31(3)45(49)44(35)43(38)40/h5-29H,4H2,1-3H3/b6-5?,8-5?,11-6?,19-8?,23-11?,31-19?,33-17+,35-23?,45-31?,48-47?. The third-order valence-corrected chi connectivity index (χ3v) is 11.2. The summed E-state index contributed by atoms with van der Waals surface area (Å²) in [5, 5.41) is 10.3. The van der Waals surface area contributed by atoms with Gasteiger partial charge in [-0.15, -0.1) is 11.3 Å². The first kappa shape index (κ1) is 30.3. The summed E-state index contributed by atoms with van der Waals surface area (Å²) in [6, 6.07) is 52.7. The van der Waals surface area contributed by atoms with Gasteiger partial charge in [0.1, 0.15) is 5.84 Å². The average Bonchev–Trinajstić information content (AvgIpc) is 3.70. The zero-order chi connectivity index (χ0) is 33.8. The maximum Gasteiger partial charge on any atom is 0.145 e. The Kier molecular flexibility index (Phi) is 7.44. The molecule has 240 valence electrons. The van der Waals surface area contributed by atoms with E-state index in [2.05, 4.69) is 177 Å². The number of fused-ring (bicyclic) bond motifs is 7. The Morgan fingerprint density at radius 2 is 1.22 bits per heavy atom. The Morgan fingerprint density at radius 1 is 0.580 bits per heavy atom. The molecule has 3 heteroatoms. The minimum atomic E-state index is 0.881. The smallest absolute Gasteiger partial charge is 0.145 e. The van der Waals surface area contributed by atoms with Crippen molar-refractivity contribution in [2.24, 2.45) is 4.99 Å². The highest BCUT2D eigenvalue weighted by Crippen LogP contribution is 2.48. The van der Waals surface area contributed by atoms with Crippen molar-refractivity contribution in [3.05, 3.63) is 168 Å². The van der Waals surface area contributed by atoms with Gasteiger partial charge in [0.05, 0.1) is 16.7 Å². The number of aryl methyl sites for hydroxylation is 2. The molecule has 0 radical (unpaired) electrons. The van der Waals surface area contributed by atoms with Crippen LogP contribution in [0.3, 0.4) is 0 Å². The lowest BCUT2D eigenvalue weighted by molar-refractivity contribution is 1.21. The van der Waals surface area contributed by atoms with E-state index in [1.165, 1.54) is 63.6 Å². The number of aromatic nitrogens is 1. The number of thiophene rings is 1. The van der Waals surface area contributed by atoms with Gasteiger partial charge in [0, 0.05) is 41.9 Å². The number of para-hydroxylation sites is 1. The summed E-state index contributed by atoms with van der Waals surface area (Å²) in [5.74, 6) is 0.928. The van der Waals surface area contributed by atoms with Crippen LogP contribution in [0.1, 0.15) is 30.0 Å². The molecule has 2 aromatic heterocycles. The Morgan fingerprint density at radius 3 is 2.06 bits per heavy atom. The molecule has 0 saturated heterocycles. The van der Waals surface area contributed by atoms with Crippen LogP contribution in [-0.2, 0) is 0 Å².